The Bertz CT molecular complexity index is 658. The van der Waals surface area contributed by atoms with E-state index in [2.05, 4.69) is 5.32 Å². The average Bonchev–Trinajstić information content (AvgIpc) is 2.45. The molecule has 0 fully saturated rings. The molecule has 0 aliphatic carbocycles. The number of benzene rings is 2. The van der Waals surface area contributed by atoms with Gasteiger partial charge in [0.15, 0.2) is 6.04 Å². The molecule has 0 radical (unpaired) electrons. The first-order valence-electron chi connectivity index (χ1n) is 6.37. The average molecular weight is 324 g/mol. The van der Waals surface area contributed by atoms with E-state index in [0.717, 1.165) is 11.3 Å². The number of carbonyl (C=O) groups is 1. The van der Waals surface area contributed by atoms with Crippen LogP contribution in [0.1, 0.15) is 17.2 Å². The molecule has 2 aromatic rings. The number of carbonyl (C=O) groups excluding carboxylic acids is 1. The van der Waals surface area contributed by atoms with Gasteiger partial charge < -0.3 is 10.1 Å². The molecule has 0 heterocycles. The van der Waals surface area contributed by atoms with E-state index in [-0.39, 0.29) is 0 Å². The van der Waals surface area contributed by atoms with Gasteiger partial charge in [-0.1, -0.05) is 41.4 Å². The molecule has 2 rings (SSSR count). The molecule has 0 amide bonds. The van der Waals surface area contributed by atoms with Crippen LogP contribution in [0.3, 0.4) is 0 Å². The molecule has 0 aliphatic rings. The Labute approximate surface area is 133 Å². The van der Waals surface area contributed by atoms with Gasteiger partial charge in [0.05, 0.1) is 7.11 Å². The van der Waals surface area contributed by atoms with E-state index in [9.17, 15) is 4.79 Å². The van der Waals surface area contributed by atoms with Gasteiger partial charge in [-0.2, -0.15) is 0 Å². The van der Waals surface area contributed by atoms with Gasteiger partial charge in [-0.3, -0.25) is 0 Å². The lowest BCUT2D eigenvalue weighted by molar-refractivity contribution is -0.141. The fourth-order valence-electron chi connectivity index (χ4n) is 2.02. The Morgan fingerprint density at radius 1 is 1.19 bits per heavy atom. The highest BCUT2D eigenvalue weighted by Gasteiger charge is 2.23. The third-order valence-electron chi connectivity index (χ3n) is 3.04. The summed E-state index contributed by atoms with van der Waals surface area (Å²) >= 11 is 12.1. The van der Waals surface area contributed by atoms with Crippen molar-refractivity contribution in [3.63, 3.8) is 0 Å². The molecule has 0 aromatic heterocycles. The third-order valence-corrected chi connectivity index (χ3v) is 3.60. The van der Waals surface area contributed by atoms with Gasteiger partial charge in [0, 0.05) is 21.3 Å². The van der Waals surface area contributed by atoms with Crippen LogP contribution in [0.25, 0.3) is 0 Å². The van der Waals surface area contributed by atoms with E-state index in [1.807, 2.05) is 31.2 Å². The molecule has 21 heavy (non-hydrogen) atoms. The van der Waals surface area contributed by atoms with Crippen LogP contribution in [0.15, 0.2) is 42.5 Å². The SMILES string of the molecule is COC(=O)C(Nc1cccc(C)c1)c1ccc(Cl)cc1Cl. The number of halogens is 2. The van der Waals surface area contributed by atoms with E-state index >= 15 is 0 Å². The summed E-state index contributed by atoms with van der Waals surface area (Å²) in [5.41, 5.74) is 2.52. The maximum Gasteiger partial charge on any atom is 0.333 e. The lowest BCUT2D eigenvalue weighted by Gasteiger charge is -2.19. The second-order valence-corrected chi connectivity index (χ2v) is 5.48. The van der Waals surface area contributed by atoms with Crippen molar-refractivity contribution in [3.05, 3.63) is 63.6 Å². The molecule has 1 N–H and O–H groups in total. The molecule has 5 heteroatoms. The monoisotopic (exact) mass is 323 g/mol. The van der Waals surface area contributed by atoms with Crippen LogP contribution in [0.4, 0.5) is 5.69 Å². The van der Waals surface area contributed by atoms with Gasteiger partial charge in [-0.05, 0) is 36.8 Å². The zero-order chi connectivity index (χ0) is 15.4. The first-order chi connectivity index (χ1) is 10.0. The van der Waals surface area contributed by atoms with E-state index in [0.29, 0.717) is 15.6 Å². The number of esters is 1. The van der Waals surface area contributed by atoms with Gasteiger partial charge in [-0.15, -0.1) is 0 Å². The Morgan fingerprint density at radius 3 is 2.57 bits per heavy atom. The minimum absolute atomic E-state index is 0.415. The number of hydrogen-bond donors (Lipinski definition) is 1. The molecule has 1 unspecified atom stereocenters. The second kappa shape index (κ2) is 6.83. The van der Waals surface area contributed by atoms with Crippen LogP contribution in [0.5, 0.6) is 0 Å². The van der Waals surface area contributed by atoms with Crippen LogP contribution in [-0.2, 0) is 9.53 Å². The van der Waals surface area contributed by atoms with Crippen molar-refractivity contribution in [1.82, 2.24) is 0 Å². The zero-order valence-electron chi connectivity index (χ0n) is 11.7. The highest BCUT2D eigenvalue weighted by molar-refractivity contribution is 6.35. The lowest BCUT2D eigenvalue weighted by Crippen LogP contribution is -2.22. The van der Waals surface area contributed by atoms with Crippen LogP contribution in [-0.4, -0.2) is 13.1 Å². The lowest BCUT2D eigenvalue weighted by atomic mass is 10.1. The summed E-state index contributed by atoms with van der Waals surface area (Å²) in [6.07, 6.45) is 0. The molecule has 0 saturated carbocycles. The zero-order valence-corrected chi connectivity index (χ0v) is 13.2. The van der Waals surface area contributed by atoms with E-state index in [4.69, 9.17) is 27.9 Å². The Balaban J connectivity index is 2.37. The summed E-state index contributed by atoms with van der Waals surface area (Å²) in [6.45, 7) is 1.98. The molecule has 1 atom stereocenters. The molecule has 0 aliphatic heterocycles. The highest BCUT2D eigenvalue weighted by atomic mass is 35.5. The molecule has 0 bridgehead atoms. The maximum absolute atomic E-state index is 12.1. The van der Waals surface area contributed by atoms with Crippen molar-refractivity contribution in [1.29, 1.82) is 0 Å². The van der Waals surface area contributed by atoms with Crippen molar-refractivity contribution in [2.24, 2.45) is 0 Å². The van der Waals surface area contributed by atoms with E-state index in [1.54, 1.807) is 18.2 Å². The predicted molar refractivity (Wildman–Crippen MR) is 86.0 cm³/mol. The summed E-state index contributed by atoms with van der Waals surface area (Å²) in [6, 6.07) is 12.0. The molecular formula is C16H15Cl2NO2. The quantitative estimate of drug-likeness (QED) is 0.834. The molecule has 0 spiro atoms. The smallest absolute Gasteiger partial charge is 0.333 e. The Hall–Kier alpha value is -1.71. The van der Waals surface area contributed by atoms with Gasteiger partial charge in [0.25, 0.3) is 0 Å². The number of aryl methyl sites for hydroxylation is 1. The van der Waals surface area contributed by atoms with Gasteiger partial charge in [0.2, 0.25) is 0 Å². The normalized spacial score (nSPS) is 11.8. The number of hydrogen-bond acceptors (Lipinski definition) is 3. The molecule has 2 aromatic carbocycles. The predicted octanol–water partition coefficient (Wildman–Crippen LogP) is 4.63. The van der Waals surface area contributed by atoms with Crippen LogP contribution < -0.4 is 5.32 Å². The van der Waals surface area contributed by atoms with Crippen LogP contribution >= 0.6 is 23.2 Å². The molecule has 110 valence electrons. The first-order valence-corrected chi connectivity index (χ1v) is 7.13. The van der Waals surface area contributed by atoms with Gasteiger partial charge in [0.1, 0.15) is 0 Å². The summed E-state index contributed by atoms with van der Waals surface area (Å²) in [5, 5.41) is 4.08. The van der Waals surface area contributed by atoms with Crippen LogP contribution in [0, 0.1) is 6.92 Å². The largest absolute Gasteiger partial charge is 0.467 e. The van der Waals surface area contributed by atoms with Crippen molar-refractivity contribution >= 4 is 34.9 Å². The minimum Gasteiger partial charge on any atom is -0.467 e. The number of rotatable bonds is 4. The fraction of sp³-hybridized carbons (Fsp3) is 0.188. The molecule has 3 nitrogen and oxygen atoms in total. The molecular weight excluding hydrogens is 309 g/mol. The number of ether oxygens (including phenoxy) is 1. The minimum atomic E-state index is -0.693. The van der Waals surface area contributed by atoms with Crippen LogP contribution in [0.2, 0.25) is 10.0 Å². The fourth-order valence-corrected chi connectivity index (χ4v) is 2.54. The van der Waals surface area contributed by atoms with Crippen molar-refractivity contribution in [3.8, 4) is 0 Å². The van der Waals surface area contributed by atoms with Gasteiger partial charge in [-0.25, -0.2) is 4.79 Å². The standard InChI is InChI=1S/C16H15Cl2NO2/c1-10-4-3-5-12(8-10)19-15(16(20)21-2)13-7-6-11(17)9-14(13)18/h3-9,15,19H,1-2H3. The Morgan fingerprint density at radius 2 is 1.95 bits per heavy atom. The highest BCUT2D eigenvalue weighted by Crippen LogP contribution is 2.29. The number of methoxy groups -OCH3 is 1. The van der Waals surface area contributed by atoms with Crippen molar-refractivity contribution in [2.75, 3.05) is 12.4 Å². The second-order valence-electron chi connectivity index (χ2n) is 4.64. The first kappa shape index (κ1) is 15.7. The van der Waals surface area contributed by atoms with Gasteiger partial charge >= 0.3 is 5.97 Å². The summed E-state index contributed by atoms with van der Waals surface area (Å²) < 4.78 is 4.86. The summed E-state index contributed by atoms with van der Waals surface area (Å²) in [5.74, 6) is -0.416. The third kappa shape index (κ3) is 3.90. The maximum atomic E-state index is 12.1. The van der Waals surface area contributed by atoms with E-state index in [1.165, 1.54) is 7.11 Å². The van der Waals surface area contributed by atoms with Crippen molar-refractivity contribution in [2.45, 2.75) is 13.0 Å². The van der Waals surface area contributed by atoms with Crippen molar-refractivity contribution < 1.29 is 9.53 Å². The molecule has 0 saturated heterocycles. The number of anilines is 1. The summed E-state index contributed by atoms with van der Waals surface area (Å²) in [7, 11) is 1.34. The Kier molecular flexibility index (Phi) is 5.10. The topological polar surface area (TPSA) is 38.3 Å². The number of nitrogens with one attached hydrogen (secondary N) is 1. The summed E-state index contributed by atoms with van der Waals surface area (Å²) in [4.78, 5) is 12.1. The van der Waals surface area contributed by atoms with E-state index < -0.39 is 12.0 Å².